The van der Waals surface area contributed by atoms with Crippen LogP contribution in [0.3, 0.4) is 0 Å². The fraction of sp³-hybridized carbons (Fsp3) is 0.200. The lowest BCUT2D eigenvalue weighted by molar-refractivity contribution is -0.136. The molecule has 0 amide bonds. The summed E-state index contributed by atoms with van der Waals surface area (Å²) >= 11 is 0. The van der Waals surface area contributed by atoms with Gasteiger partial charge in [-0.25, -0.2) is 12.4 Å². The maximum Gasteiger partial charge on any atom is 0.303 e. The smallest absolute Gasteiger partial charge is 0.303 e. The molecule has 3 rings (SSSR count). The summed E-state index contributed by atoms with van der Waals surface area (Å²) in [5.41, 5.74) is 1.44. The monoisotopic (exact) mass is 401 g/mol. The van der Waals surface area contributed by atoms with Crippen molar-refractivity contribution in [1.29, 1.82) is 0 Å². The molecule has 1 aromatic heterocycles. The van der Waals surface area contributed by atoms with E-state index in [4.69, 9.17) is 9.84 Å². The third kappa shape index (κ3) is 3.63. The zero-order chi connectivity index (χ0) is 20.5. The van der Waals surface area contributed by atoms with Crippen molar-refractivity contribution in [3.8, 4) is 5.75 Å². The zero-order valence-electron chi connectivity index (χ0n) is 15.4. The van der Waals surface area contributed by atoms with Gasteiger partial charge in [-0.05, 0) is 49.2 Å². The van der Waals surface area contributed by atoms with Crippen LogP contribution in [-0.4, -0.2) is 36.4 Å². The minimum Gasteiger partial charge on any atom is -0.497 e. The number of carbonyl (C=O) groups excluding carboxylic acids is 1. The van der Waals surface area contributed by atoms with Gasteiger partial charge in [-0.2, -0.15) is 0 Å². The number of aryl methyl sites for hydroxylation is 1. The van der Waals surface area contributed by atoms with Crippen LogP contribution in [0.4, 0.5) is 0 Å². The van der Waals surface area contributed by atoms with E-state index >= 15 is 0 Å². The molecule has 7 nitrogen and oxygen atoms in total. The standard InChI is InChI=1S/C20H19NO6S/c1-13(22)14-3-7-17(8-4-14)28(25,26)21-12-15(5-10-20(23)24)18-11-16(27-2)6-9-19(18)21/h3-4,6-9,11-12H,5,10H2,1-2H3,(H,23,24). The van der Waals surface area contributed by atoms with E-state index in [-0.39, 0.29) is 23.5 Å². The Morgan fingerprint density at radius 1 is 1.11 bits per heavy atom. The van der Waals surface area contributed by atoms with E-state index in [1.54, 1.807) is 18.2 Å². The predicted molar refractivity (Wildman–Crippen MR) is 103 cm³/mol. The van der Waals surface area contributed by atoms with Gasteiger partial charge >= 0.3 is 5.97 Å². The van der Waals surface area contributed by atoms with Crippen LogP contribution in [0, 0.1) is 0 Å². The Labute approximate surface area is 162 Å². The summed E-state index contributed by atoms with van der Waals surface area (Å²) in [7, 11) is -2.43. The van der Waals surface area contributed by atoms with Crippen molar-refractivity contribution in [1.82, 2.24) is 3.97 Å². The number of carboxylic acid groups (broad SMARTS) is 1. The molecule has 0 spiro atoms. The highest BCUT2D eigenvalue weighted by molar-refractivity contribution is 7.90. The van der Waals surface area contributed by atoms with Crippen molar-refractivity contribution in [2.24, 2.45) is 0 Å². The van der Waals surface area contributed by atoms with Gasteiger partial charge in [0.25, 0.3) is 10.0 Å². The van der Waals surface area contributed by atoms with Crippen LogP contribution in [-0.2, 0) is 21.2 Å². The zero-order valence-corrected chi connectivity index (χ0v) is 16.2. The quantitative estimate of drug-likeness (QED) is 0.610. The van der Waals surface area contributed by atoms with Gasteiger partial charge in [-0.3, -0.25) is 9.59 Å². The molecule has 0 saturated carbocycles. The Morgan fingerprint density at radius 2 is 1.79 bits per heavy atom. The number of carboxylic acids is 1. The summed E-state index contributed by atoms with van der Waals surface area (Å²) in [6, 6.07) is 10.7. The largest absolute Gasteiger partial charge is 0.497 e. The van der Waals surface area contributed by atoms with Gasteiger partial charge in [-0.1, -0.05) is 12.1 Å². The van der Waals surface area contributed by atoms with Gasteiger partial charge in [0, 0.05) is 23.6 Å². The third-order valence-corrected chi connectivity index (χ3v) is 6.17. The maximum atomic E-state index is 13.2. The molecule has 0 bridgehead atoms. The number of hydrogen-bond donors (Lipinski definition) is 1. The third-order valence-electron chi connectivity index (χ3n) is 4.49. The molecule has 0 aliphatic heterocycles. The molecule has 0 aliphatic rings. The number of methoxy groups -OCH3 is 1. The number of carbonyl (C=O) groups is 2. The normalized spacial score (nSPS) is 11.5. The van der Waals surface area contributed by atoms with E-state index in [1.165, 1.54) is 44.5 Å². The molecule has 0 unspecified atom stereocenters. The molecule has 28 heavy (non-hydrogen) atoms. The molecule has 1 heterocycles. The number of hydrogen-bond acceptors (Lipinski definition) is 5. The number of aromatic nitrogens is 1. The van der Waals surface area contributed by atoms with Crippen molar-refractivity contribution < 1.29 is 27.9 Å². The Morgan fingerprint density at radius 3 is 2.36 bits per heavy atom. The first kappa shape index (κ1) is 19.6. The molecule has 0 fully saturated rings. The van der Waals surface area contributed by atoms with Gasteiger partial charge in [0.2, 0.25) is 0 Å². The van der Waals surface area contributed by atoms with Crippen LogP contribution in [0.5, 0.6) is 5.75 Å². The number of aliphatic carboxylic acids is 1. The summed E-state index contributed by atoms with van der Waals surface area (Å²) < 4.78 is 32.7. The molecule has 1 N–H and O–H groups in total. The van der Waals surface area contributed by atoms with Gasteiger partial charge in [0.1, 0.15) is 5.75 Å². The lowest BCUT2D eigenvalue weighted by atomic mass is 10.1. The first-order valence-corrected chi connectivity index (χ1v) is 9.94. The molecule has 0 atom stereocenters. The second-order valence-electron chi connectivity index (χ2n) is 6.31. The summed E-state index contributed by atoms with van der Waals surface area (Å²) in [6.45, 7) is 1.41. The highest BCUT2D eigenvalue weighted by Gasteiger charge is 2.22. The topological polar surface area (TPSA) is 103 Å². The molecular formula is C20H19NO6S. The first-order valence-electron chi connectivity index (χ1n) is 8.50. The number of rotatable bonds is 7. The van der Waals surface area contributed by atoms with Gasteiger partial charge in [0.05, 0.1) is 17.5 Å². The number of benzene rings is 2. The molecule has 0 saturated heterocycles. The Bertz CT molecular complexity index is 1160. The Kier molecular flexibility index (Phi) is 5.24. The predicted octanol–water partition coefficient (Wildman–Crippen LogP) is 3.11. The van der Waals surface area contributed by atoms with Crippen LogP contribution in [0.25, 0.3) is 10.9 Å². The lowest BCUT2D eigenvalue weighted by Crippen LogP contribution is -2.12. The summed E-state index contributed by atoms with van der Waals surface area (Å²) in [5.74, 6) is -0.574. The van der Waals surface area contributed by atoms with Crippen molar-refractivity contribution in [3.05, 3.63) is 59.8 Å². The number of ether oxygens (including phenoxy) is 1. The minimum absolute atomic E-state index is 0.0370. The fourth-order valence-corrected chi connectivity index (χ4v) is 4.38. The Balaban J connectivity index is 2.15. The number of nitrogens with zero attached hydrogens (tertiary/aromatic N) is 1. The maximum absolute atomic E-state index is 13.2. The molecule has 2 aromatic carbocycles. The minimum atomic E-state index is -3.93. The van der Waals surface area contributed by atoms with E-state index in [9.17, 15) is 18.0 Å². The highest BCUT2D eigenvalue weighted by Crippen LogP contribution is 2.30. The molecular weight excluding hydrogens is 382 g/mol. The van der Waals surface area contributed by atoms with Crippen LogP contribution in [0.2, 0.25) is 0 Å². The summed E-state index contributed by atoms with van der Waals surface area (Å²) in [5, 5.41) is 9.60. The van der Waals surface area contributed by atoms with E-state index in [1.807, 2.05) is 0 Å². The van der Waals surface area contributed by atoms with Gasteiger partial charge in [0.15, 0.2) is 5.78 Å². The van der Waals surface area contributed by atoms with Crippen molar-refractivity contribution in [2.45, 2.75) is 24.7 Å². The van der Waals surface area contributed by atoms with E-state index in [0.717, 1.165) is 3.97 Å². The number of ketones is 1. The van der Waals surface area contributed by atoms with Gasteiger partial charge in [-0.15, -0.1) is 0 Å². The second-order valence-corrected chi connectivity index (χ2v) is 8.13. The van der Waals surface area contributed by atoms with E-state index in [0.29, 0.717) is 27.8 Å². The second kappa shape index (κ2) is 7.47. The fourth-order valence-electron chi connectivity index (χ4n) is 2.99. The first-order chi connectivity index (χ1) is 13.2. The van der Waals surface area contributed by atoms with E-state index in [2.05, 4.69) is 0 Å². The number of fused-ring (bicyclic) bond motifs is 1. The van der Waals surface area contributed by atoms with Crippen molar-refractivity contribution in [3.63, 3.8) is 0 Å². The average Bonchev–Trinajstić information content (AvgIpc) is 3.05. The van der Waals surface area contributed by atoms with E-state index < -0.39 is 16.0 Å². The molecule has 0 aliphatic carbocycles. The van der Waals surface area contributed by atoms with Crippen molar-refractivity contribution >= 4 is 32.7 Å². The van der Waals surface area contributed by atoms with Crippen LogP contribution in [0.15, 0.2) is 53.6 Å². The Hall–Kier alpha value is -3.13. The number of Topliss-reactive ketones (excluding diaryl/α,β-unsaturated/α-hetero) is 1. The summed E-state index contributed by atoms with van der Waals surface area (Å²) in [6.07, 6.45) is 1.51. The lowest BCUT2D eigenvalue weighted by Gasteiger charge is -2.08. The van der Waals surface area contributed by atoms with Gasteiger partial charge < -0.3 is 9.84 Å². The molecule has 146 valence electrons. The summed E-state index contributed by atoms with van der Waals surface area (Å²) in [4.78, 5) is 22.4. The molecule has 3 aromatic rings. The SMILES string of the molecule is COc1ccc2c(c1)c(CCC(=O)O)cn2S(=O)(=O)c1ccc(C(C)=O)cc1. The van der Waals surface area contributed by atoms with Crippen LogP contribution < -0.4 is 4.74 Å². The van der Waals surface area contributed by atoms with Crippen LogP contribution in [0.1, 0.15) is 29.3 Å². The highest BCUT2D eigenvalue weighted by atomic mass is 32.2. The molecule has 8 heteroatoms. The van der Waals surface area contributed by atoms with Crippen molar-refractivity contribution in [2.75, 3.05) is 7.11 Å². The molecule has 0 radical (unpaired) electrons. The average molecular weight is 401 g/mol. The van der Waals surface area contributed by atoms with Crippen LogP contribution >= 0.6 is 0 Å².